The number of hydrogen-bond donors (Lipinski definition) is 3. The number of nitrogens with one attached hydrogen (secondary N) is 2. The van der Waals surface area contributed by atoms with E-state index in [2.05, 4.69) is 61.5 Å². The van der Waals surface area contributed by atoms with E-state index in [-0.39, 0.29) is 116 Å². The van der Waals surface area contributed by atoms with Crippen molar-refractivity contribution in [3.05, 3.63) is 53.3 Å². The second-order valence-electron chi connectivity index (χ2n) is 11.7. The molecule has 7 aromatic rings. The standard InChI is InChI=1S/C33H29BrN10O11S.ClH/c1-15-23-32-42-20(12-53-32)30-41-19(11-52-30)29-40-18(10-51-29)28-39-17(9-50-28)27-38-16(8-49-27)26(46)37-21(31-44-24(25(34)55-31)33(43-23)54-15)13-56-14-22(45)36-3-5-48-7-6-47-4-2-35;/h8-12,21H,2-7,13-14,35H2,1H3,(H,36,45)(H,37,46);1H/t21-;/m0./s1. The van der Waals surface area contributed by atoms with E-state index in [4.69, 9.17) is 46.1 Å². The Kier molecular flexibility index (Phi) is 12.3. The number of nitrogens with two attached hydrogens (primary N) is 1. The molecular weight excluding hydrogens is 860 g/mol. The van der Waals surface area contributed by atoms with E-state index in [1.165, 1.54) is 43.1 Å². The normalized spacial score (nSPS) is 13.5. The molecule has 0 aromatic carbocycles. The fourth-order valence-corrected chi connectivity index (χ4v) is 6.43. The quantitative estimate of drug-likeness (QED) is 0.140. The van der Waals surface area contributed by atoms with Gasteiger partial charge in [-0.1, -0.05) is 0 Å². The predicted molar refractivity (Wildman–Crippen MR) is 200 cm³/mol. The second-order valence-corrected chi connectivity index (χ2v) is 13.4. The first-order valence-electron chi connectivity index (χ1n) is 16.8. The molecule has 57 heavy (non-hydrogen) atoms. The SMILES string of the molecule is Cc1oc2nc1-c1nc(co1)-c1nc(co1)-c1nc(co1)-c1nc(co1)-c1nc(co1)C(=O)N[C@@H](CSCC(=O)NCCOCCOCCN)c1nc-2c(Br)o1.Cl. The highest BCUT2D eigenvalue weighted by atomic mass is 79.9. The molecule has 0 saturated carbocycles. The van der Waals surface area contributed by atoms with Crippen LogP contribution in [0.25, 0.3) is 69.5 Å². The van der Waals surface area contributed by atoms with E-state index in [0.717, 1.165) is 0 Å². The summed E-state index contributed by atoms with van der Waals surface area (Å²) < 4.78 is 51.0. The summed E-state index contributed by atoms with van der Waals surface area (Å²) in [5.74, 6) is 0.347. The highest BCUT2D eigenvalue weighted by Crippen LogP contribution is 2.36. The molecule has 7 aromatic heterocycles. The molecule has 0 aliphatic carbocycles. The zero-order valence-electron chi connectivity index (χ0n) is 29.5. The summed E-state index contributed by atoms with van der Waals surface area (Å²) >= 11 is 4.64. The third-order valence-corrected chi connectivity index (χ3v) is 9.33. The van der Waals surface area contributed by atoms with Gasteiger partial charge in [0.25, 0.3) is 11.8 Å². The van der Waals surface area contributed by atoms with E-state index < -0.39 is 11.9 Å². The molecular formula is C33H30BrClN10O11S. The van der Waals surface area contributed by atoms with Crippen LogP contribution in [0.5, 0.6) is 0 Å². The van der Waals surface area contributed by atoms with E-state index in [1.807, 2.05) is 0 Å². The lowest BCUT2D eigenvalue weighted by molar-refractivity contribution is -0.118. The van der Waals surface area contributed by atoms with Crippen molar-refractivity contribution in [2.75, 3.05) is 51.0 Å². The maximum atomic E-state index is 13.6. The Morgan fingerprint density at radius 2 is 1.30 bits per heavy atom. The number of carbonyl (C=O) groups excluding carboxylic acids is 2. The van der Waals surface area contributed by atoms with Crippen molar-refractivity contribution in [1.82, 2.24) is 45.5 Å². The van der Waals surface area contributed by atoms with E-state index in [0.29, 0.717) is 45.3 Å². The van der Waals surface area contributed by atoms with Gasteiger partial charge >= 0.3 is 0 Å². The highest BCUT2D eigenvalue weighted by Gasteiger charge is 2.29. The second kappa shape index (κ2) is 17.7. The van der Waals surface area contributed by atoms with Gasteiger partial charge in [0.15, 0.2) is 39.9 Å². The fraction of sp³-hybridized carbons (Fsp3) is 0.303. The van der Waals surface area contributed by atoms with Gasteiger partial charge in [-0.25, -0.2) is 34.9 Å². The maximum Gasteiger partial charge on any atom is 0.273 e. The van der Waals surface area contributed by atoms with E-state index in [9.17, 15) is 9.59 Å². The van der Waals surface area contributed by atoms with Gasteiger partial charge in [0.2, 0.25) is 45.9 Å². The monoisotopic (exact) mass is 888 g/mol. The minimum Gasteiger partial charge on any atom is -0.442 e. The largest absolute Gasteiger partial charge is 0.442 e. The molecule has 298 valence electrons. The lowest BCUT2D eigenvalue weighted by Gasteiger charge is -2.14. The van der Waals surface area contributed by atoms with Crippen molar-refractivity contribution in [3.8, 4) is 69.5 Å². The van der Waals surface area contributed by atoms with Crippen molar-refractivity contribution < 1.29 is 50.0 Å². The Morgan fingerprint density at radius 3 is 1.91 bits per heavy atom. The maximum absolute atomic E-state index is 13.6. The average molecular weight is 890 g/mol. The van der Waals surface area contributed by atoms with Crippen molar-refractivity contribution in [3.63, 3.8) is 0 Å². The van der Waals surface area contributed by atoms with E-state index in [1.54, 1.807) is 6.92 Å². The summed E-state index contributed by atoms with van der Waals surface area (Å²) in [6, 6.07) is -0.872. The smallest absolute Gasteiger partial charge is 0.273 e. The van der Waals surface area contributed by atoms with Crippen LogP contribution in [-0.2, 0) is 14.3 Å². The van der Waals surface area contributed by atoms with Crippen molar-refractivity contribution in [2.24, 2.45) is 5.73 Å². The van der Waals surface area contributed by atoms with Gasteiger partial charge in [-0.3, -0.25) is 9.59 Å². The number of aromatic nitrogens is 7. The molecule has 4 N–H and O–H groups in total. The van der Waals surface area contributed by atoms with Crippen molar-refractivity contribution >= 4 is 51.9 Å². The van der Waals surface area contributed by atoms with Crippen LogP contribution in [0.15, 0.2) is 66.9 Å². The summed E-state index contributed by atoms with van der Waals surface area (Å²) in [5.41, 5.74) is 6.78. The molecule has 2 amide bonds. The van der Waals surface area contributed by atoms with Crippen molar-refractivity contribution in [1.29, 1.82) is 0 Å². The highest BCUT2D eigenvalue weighted by molar-refractivity contribution is 9.10. The van der Waals surface area contributed by atoms with Crippen LogP contribution in [0, 0.1) is 6.92 Å². The molecule has 1 atom stereocenters. The predicted octanol–water partition coefficient (Wildman–Crippen LogP) is 4.72. The van der Waals surface area contributed by atoms with Gasteiger partial charge in [-0.15, -0.1) is 24.2 Å². The summed E-state index contributed by atoms with van der Waals surface area (Å²) in [5, 5.41) is 5.66. The molecule has 0 unspecified atom stereocenters. The number of nitrogens with zero attached hydrogens (tertiary/aromatic N) is 7. The van der Waals surface area contributed by atoms with Crippen LogP contribution in [0.4, 0.5) is 0 Å². The molecule has 14 bridgehead atoms. The number of ether oxygens (including phenoxy) is 2. The molecule has 24 heteroatoms. The Morgan fingerprint density at radius 1 is 0.754 bits per heavy atom. The van der Waals surface area contributed by atoms with Crippen LogP contribution >= 0.6 is 40.1 Å². The molecule has 21 nitrogen and oxygen atoms in total. The van der Waals surface area contributed by atoms with Crippen LogP contribution < -0.4 is 16.4 Å². The molecule has 8 heterocycles. The molecule has 0 fully saturated rings. The topological polar surface area (TPSA) is 285 Å². The zero-order chi connectivity index (χ0) is 38.6. The Labute approximate surface area is 338 Å². The first-order chi connectivity index (χ1) is 27.3. The molecule has 0 saturated heterocycles. The number of rotatable bonds is 12. The van der Waals surface area contributed by atoms with E-state index >= 15 is 0 Å². The molecule has 0 spiro atoms. The minimum absolute atomic E-state index is 0. The van der Waals surface area contributed by atoms with Gasteiger partial charge < -0.3 is 56.8 Å². The van der Waals surface area contributed by atoms with Crippen LogP contribution in [0.3, 0.4) is 0 Å². The molecule has 8 rings (SSSR count). The third-order valence-electron chi connectivity index (χ3n) is 7.76. The fourth-order valence-electron chi connectivity index (χ4n) is 5.13. The lowest BCUT2D eigenvalue weighted by Crippen LogP contribution is -2.32. The number of amides is 2. The van der Waals surface area contributed by atoms with Crippen LogP contribution in [0.1, 0.15) is 28.2 Å². The number of oxazole rings is 7. The van der Waals surface area contributed by atoms with Crippen LogP contribution in [-0.4, -0.2) is 97.7 Å². The number of thioether (sulfide) groups is 1. The average Bonchev–Trinajstić information content (AvgIpc) is 4.02. The Balaban J connectivity index is 0.00000496. The lowest BCUT2D eigenvalue weighted by atomic mass is 10.3. The molecule has 0 radical (unpaired) electrons. The van der Waals surface area contributed by atoms with Gasteiger partial charge in [-0.2, -0.15) is 0 Å². The number of carbonyl (C=O) groups is 2. The van der Waals surface area contributed by atoms with Gasteiger partial charge in [0.1, 0.15) is 43.1 Å². The number of fused-ring (bicyclic) bond motifs is 20. The van der Waals surface area contributed by atoms with Crippen LogP contribution in [0.2, 0.25) is 0 Å². The minimum atomic E-state index is -0.872. The van der Waals surface area contributed by atoms with Crippen molar-refractivity contribution in [2.45, 2.75) is 13.0 Å². The summed E-state index contributed by atoms with van der Waals surface area (Å²) in [4.78, 5) is 57.4. The summed E-state index contributed by atoms with van der Waals surface area (Å²) in [7, 11) is 0. The Bertz CT molecular complexity index is 2470. The molecule has 1 aliphatic heterocycles. The number of halogens is 2. The third kappa shape index (κ3) is 8.87. The summed E-state index contributed by atoms with van der Waals surface area (Å²) in [6.45, 7) is 3.99. The summed E-state index contributed by atoms with van der Waals surface area (Å²) in [6.07, 6.45) is 6.50. The molecule has 1 aliphatic rings. The number of hydrogen-bond acceptors (Lipinski definition) is 20. The van der Waals surface area contributed by atoms with Gasteiger partial charge in [-0.05, 0) is 22.9 Å². The first-order valence-corrected chi connectivity index (χ1v) is 18.7. The Hall–Kier alpha value is -5.59. The van der Waals surface area contributed by atoms with Gasteiger partial charge in [0.05, 0.1) is 32.2 Å². The first kappa shape index (κ1) is 39.6. The zero-order valence-corrected chi connectivity index (χ0v) is 32.7. The van der Waals surface area contributed by atoms with Gasteiger partial charge in [0, 0.05) is 18.8 Å². The number of aryl methyl sites for hydroxylation is 1.